The highest BCUT2D eigenvalue weighted by Gasteiger charge is 2.20. The van der Waals surface area contributed by atoms with Crippen LogP contribution in [0.4, 0.5) is 0 Å². The molecule has 0 saturated heterocycles. The number of likely N-dealkylation sites (N-methyl/N-ethyl adjacent to an activating group) is 1. The van der Waals surface area contributed by atoms with E-state index in [0.29, 0.717) is 18.1 Å². The number of amides is 1. The third-order valence-electron chi connectivity index (χ3n) is 3.88. The van der Waals surface area contributed by atoms with E-state index in [1.807, 2.05) is 30.3 Å². The lowest BCUT2D eigenvalue weighted by Gasteiger charge is -2.12. The van der Waals surface area contributed by atoms with Crippen LogP contribution in [0.5, 0.6) is 0 Å². The van der Waals surface area contributed by atoms with Crippen molar-refractivity contribution in [1.82, 2.24) is 10.6 Å². The quantitative estimate of drug-likeness (QED) is 0.516. The number of thiophene rings is 1. The minimum absolute atomic E-state index is 0. The van der Waals surface area contributed by atoms with Crippen LogP contribution in [0.25, 0.3) is 11.0 Å². The Morgan fingerprint density at radius 2 is 2.08 bits per heavy atom. The van der Waals surface area contributed by atoms with Gasteiger partial charge in [0.2, 0.25) is 0 Å². The topological polar surface area (TPSA) is 54.3 Å². The first-order valence-corrected chi connectivity index (χ1v) is 10.2. The molecule has 0 aliphatic rings. The van der Waals surface area contributed by atoms with Crippen molar-refractivity contribution in [1.29, 1.82) is 0 Å². The Morgan fingerprint density at radius 3 is 2.81 bits per heavy atom. The van der Waals surface area contributed by atoms with Gasteiger partial charge >= 0.3 is 0 Å². The second-order valence-electron chi connectivity index (χ2n) is 5.80. The lowest BCUT2D eigenvalue weighted by molar-refractivity contribution is 0.0923. The maximum atomic E-state index is 12.7. The molecule has 2 aromatic heterocycles. The first-order valence-electron chi connectivity index (χ1n) is 8.37. The van der Waals surface area contributed by atoms with Crippen LogP contribution < -0.4 is 10.6 Å². The fourth-order valence-corrected chi connectivity index (χ4v) is 4.47. The molecule has 1 amide bonds. The normalized spacial score (nSPS) is 11.9. The molecule has 1 atom stereocenters. The number of fused-ring (bicyclic) bond motifs is 1. The van der Waals surface area contributed by atoms with Crippen molar-refractivity contribution in [3.05, 3.63) is 53.1 Å². The fourth-order valence-electron chi connectivity index (χ4n) is 2.66. The van der Waals surface area contributed by atoms with E-state index in [9.17, 15) is 4.79 Å². The van der Waals surface area contributed by atoms with Crippen LogP contribution in [-0.2, 0) is 5.75 Å². The van der Waals surface area contributed by atoms with Gasteiger partial charge in [0.25, 0.3) is 5.91 Å². The number of carbonyl (C=O) groups is 1. The van der Waals surface area contributed by atoms with Gasteiger partial charge < -0.3 is 15.1 Å². The molecule has 4 nitrogen and oxygen atoms in total. The van der Waals surface area contributed by atoms with E-state index in [1.165, 1.54) is 4.21 Å². The van der Waals surface area contributed by atoms with Crippen molar-refractivity contribution in [2.75, 3.05) is 13.1 Å². The van der Waals surface area contributed by atoms with E-state index in [-0.39, 0.29) is 24.4 Å². The maximum absolute atomic E-state index is 12.7. The standard InChI is InChI=1S/C19H22N2O2S2.ClH/c1-3-20-13(2)11-21-19(22)18-15(12-25-17-9-6-10-24-17)14-7-4-5-8-16(14)23-18;/h4-10,13,20H,3,11-12H2,1-2H3,(H,21,22);1H/t13-;/m1./s1. The molecule has 1 aromatic carbocycles. The Labute approximate surface area is 168 Å². The summed E-state index contributed by atoms with van der Waals surface area (Å²) in [6.07, 6.45) is 0. The largest absolute Gasteiger partial charge is 0.451 e. The number of nitrogens with one attached hydrogen (secondary N) is 2. The van der Waals surface area contributed by atoms with Crippen molar-refractivity contribution in [3.63, 3.8) is 0 Å². The van der Waals surface area contributed by atoms with E-state index in [0.717, 1.165) is 23.1 Å². The monoisotopic (exact) mass is 410 g/mol. The predicted molar refractivity (Wildman–Crippen MR) is 113 cm³/mol. The minimum Gasteiger partial charge on any atom is -0.451 e. The third kappa shape index (κ3) is 5.04. The lowest BCUT2D eigenvalue weighted by Crippen LogP contribution is -2.38. The SMILES string of the molecule is CCN[C@H](C)CNC(=O)c1oc2ccccc2c1CSc1cccs1.Cl. The molecule has 0 fully saturated rings. The number of rotatable bonds is 8. The summed E-state index contributed by atoms with van der Waals surface area (Å²) >= 11 is 3.44. The number of furan rings is 1. The molecule has 0 bridgehead atoms. The molecule has 7 heteroatoms. The molecule has 0 spiro atoms. The van der Waals surface area contributed by atoms with Crippen LogP contribution in [0.15, 0.2) is 50.4 Å². The number of thioether (sulfide) groups is 1. The highest BCUT2D eigenvalue weighted by molar-refractivity contribution is 8.00. The molecule has 2 N–H and O–H groups in total. The average Bonchev–Trinajstić information content (AvgIpc) is 3.25. The zero-order valence-electron chi connectivity index (χ0n) is 14.8. The fraction of sp³-hybridized carbons (Fsp3) is 0.316. The van der Waals surface area contributed by atoms with Gasteiger partial charge in [-0.05, 0) is 31.0 Å². The number of carbonyl (C=O) groups excluding carboxylic acids is 1. The highest BCUT2D eigenvalue weighted by atomic mass is 35.5. The van der Waals surface area contributed by atoms with Crippen LogP contribution in [0.1, 0.15) is 30.0 Å². The van der Waals surface area contributed by atoms with Gasteiger partial charge in [-0.15, -0.1) is 35.5 Å². The van der Waals surface area contributed by atoms with Crippen molar-refractivity contribution < 1.29 is 9.21 Å². The molecule has 0 unspecified atom stereocenters. The number of hydrogen-bond acceptors (Lipinski definition) is 5. The van der Waals surface area contributed by atoms with Crippen LogP contribution in [-0.4, -0.2) is 25.0 Å². The van der Waals surface area contributed by atoms with Gasteiger partial charge in [-0.3, -0.25) is 4.79 Å². The van der Waals surface area contributed by atoms with Crippen LogP contribution in [0.3, 0.4) is 0 Å². The van der Waals surface area contributed by atoms with Gasteiger partial charge in [0, 0.05) is 29.3 Å². The summed E-state index contributed by atoms with van der Waals surface area (Å²) in [6, 6.07) is 12.2. The molecule has 26 heavy (non-hydrogen) atoms. The lowest BCUT2D eigenvalue weighted by atomic mass is 10.1. The van der Waals surface area contributed by atoms with Gasteiger partial charge in [-0.1, -0.05) is 31.2 Å². The van der Waals surface area contributed by atoms with E-state index in [2.05, 4.69) is 35.9 Å². The van der Waals surface area contributed by atoms with Gasteiger partial charge in [-0.25, -0.2) is 0 Å². The van der Waals surface area contributed by atoms with Crippen molar-refractivity contribution in [2.45, 2.75) is 29.9 Å². The van der Waals surface area contributed by atoms with Crippen molar-refractivity contribution in [3.8, 4) is 0 Å². The summed E-state index contributed by atoms with van der Waals surface area (Å²) in [5.74, 6) is 0.986. The number of hydrogen-bond donors (Lipinski definition) is 2. The maximum Gasteiger partial charge on any atom is 0.287 e. The predicted octanol–water partition coefficient (Wildman–Crippen LogP) is 4.94. The van der Waals surface area contributed by atoms with E-state index in [4.69, 9.17) is 4.42 Å². The summed E-state index contributed by atoms with van der Waals surface area (Å²) in [5.41, 5.74) is 1.72. The molecule has 2 heterocycles. The van der Waals surface area contributed by atoms with E-state index >= 15 is 0 Å². The Balaban J connectivity index is 0.00000243. The van der Waals surface area contributed by atoms with Crippen molar-refractivity contribution in [2.24, 2.45) is 0 Å². The summed E-state index contributed by atoms with van der Waals surface area (Å²) in [5, 5.41) is 9.34. The van der Waals surface area contributed by atoms with Crippen LogP contribution in [0.2, 0.25) is 0 Å². The Kier molecular flexibility index (Phi) is 8.03. The Hall–Kier alpha value is -1.47. The summed E-state index contributed by atoms with van der Waals surface area (Å²) in [7, 11) is 0. The summed E-state index contributed by atoms with van der Waals surface area (Å²) in [6.45, 7) is 5.55. The smallest absolute Gasteiger partial charge is 0.287 e. The molecule has 0 saturated carbocycles. The van der Waals surface area contributed by atoms with Crippen molar-refractivity contribution >= 4 is 52.4 Å². The number of para-hydroxylation sites is 1. The molecule has 0 aliphatic carbocycles. The summed E-state index contributed by atoms with van der Waals surface area (Å²) in [4.78, 5) is 12.7. The molecular formula is C19H23ClN2O2S2. The zero-order chi connectivity index (χ0) is 17.6. The molecule has 0 aliphatic heterocycles. The van der Waals surface area contributed by atoms with Gasteiger partial charge in [-0.2, -0.15) is 0 Å². The van der Waals surface area contributed by atoms with Gasteiger partial charge in [0.05, 0.1) is 4.21 Å². The van der Waals surface area contributed by atoms with E-state index in [1.54, 1.807) is 23.1 Å². The van der Waals surface area contributed by atoms with Crippen LogP contribution >= 0.6 is 35.5 Å². The van der Waals surface area contributed by atoms with Crippen LogP contribution in [0, 0.1) is 0 Å². The number of benzene rings is 1. The molecule has 3 aromatic rings. The summed E-state index contributed by atoms with van der Waals surface area (Å²) < 4.78 is 7.11. The highest BCUT2D eigenvalue weighted by Crippen LogP contribution is 2.33. The molecular weight excluding hydrogens is 388 g/mol. The molecule has 140 valence electrons. The second kappa shape index (κ2) is 10.0. The minimum atomic E-state index is -0.150. The van der Waals surface area contributed by atoms with Gasteiger partial charge in [0.1, 0.15) is 5.58 Å². The third-order valence-corrected chi connectivity index (χ3v) is 6.04. The van der Waals surface area contributed by atoms with Gasteiger partial charge in [0.15, 0.2) is 5.76 Å². The second-order valence-corrected chi connectivity index (χ2v) is 8.02. The molecule has 3 rings (SSSR count). The zero-order valence-corrected chi connectivity index (χ0v) is 17.2. The Morgan fingerprint density at radius 1 is 1.27 bits per heavy atom. The number of halogens is 1. The first-order chi connectivity index (χ1) is 12.2. The average molecular weight is 411 g/mol. The Bertz CT molecular complexity index is 833. The molecule has 0 radical (unpaired) electrons. The first kappa shape index (κ1) is 20.8. The van der Waals surface area contributed by atoms with E-state index < -0.39 is 0 Å².